The van der Waals surface area contributed by atoms with Crippen molar-refractivity contribution in [2.75, 3.05) is 0 Å². The molecule has 130 valence electrons. The summed E-state index contributed by atoms with van der Waals surface area (Å²) >= 11 is 0. The van der Waals surface area contributed by atoms with E-state index < -0.39 is 0 Å². The zero-order valence-electron chi connectivity index (χ0n) is 15.6. The van der Waals surface area contributed by atoms with Gasteiger partial charge in [-0.2, -0.15) is 4.57 Å². The molecular formula is C23H22NO2+. The third-order valence-electron chi connectivity index (χ3n) is 5.29. The van der Waals surface area contributed by atoms with E-state index in [-0.39, 0.29) is 0 Å². The molecule has 4 aromatic rings. The van der Waals surface area contributed by atoms with Gasteiger partial charge < -0.3 is 9.15 Å². The van der Waals surface area contributed by atoms with E-state index in [1.165, 1.54) is 27.5 Å². The van der Waals surface area contributed by atoms with E-state index in [0.717, 1.165) is 34.6 Å². The van der Waals surface area contributed by atoms with E-state index in [1.807, 2.05) is 6.26 Å². The maximum Gasteiger partial charge on any atom is 0.257 e. The SMILES string of the molecule is Cc1ccc2cccc3c2c1-c1c(c2c(CC(C)C)coc2c[n+]1C)O3. The Morgan fingerprint density at radius 1 is 1.08 bits per heavy atom. The highest BCUT2D eigenvalue weighted by Gasteiger charge is 2.33. The number of furan rings is 1. The summed E-state index contributed by atoms with van der Waals surface area (Å²) < 4.78 is 14.5. The van der Waals surface area contributed by atoms with E-state index in [2.05, 4.69) is 68.9 Å². The molecule has 3 heteroatoms. The molecule has 0 aliphatic carbocycles. The van der Waals surface area contributed by atoms with Crippen LogP contribution in [0.15, 0.2) is 47.2 Å². The van der Waals surface area contributed by atoms with E-state index in [0.29, 0.717) is 5.92 Å². The molecule has 0 atom stereocenters. The molecule has 1 aliphatic rings. The van der Waals surface area contributed by atoms with Crippen molar-refractivity contribution in [3.05, 3.63) is 53.9 Å². The Morgan fingerprint density at radius 3 is 2.73 bits per heavy atom. The van der Waals surface area contributed by atoms with Gasteiger partial charge in [0.1, 0.15) is 12.8 Å². The van der Waals surface area contributed by atoms with Crippen LogP contribution in [0.1, 0.15) is 25.0 Å². The quantitative estimate of drug-likeness (QED) is 0.385. The third-order valence-corrected chi connectivity index (χ3v) is 5.29. The van der Waals surface area contributed by atoms with Crippen LogP contribution in [0.2, 0.25) is 0 Å². The molecule has 2 aromatic carbocycles. The van der Waals surface area contributed by atoms with Gasteiger partial charge in [-0.3, -0.25) is 0 Å². The van der Waals surface area contributed by atoms with Crippen LogP contribution in [0.5, 0.6) is 11.5 Å². The van der Waals surface area contributed by atoms with E-state index in [9.17, 15) is 0 Å². The van der Waals surface area contributed by atoms with Gasteiger partial charge in [0.05, 0.1) is 17.2 Å². The Labute approximate surface area is 152 Å². The summed E-state index contributed by atoms with van der Waals surface area (Å²) in [5.41, 5.74) is 5.76. The largest absolute Gasteiger partial charge is 0.458 e. The van der Waals surface area contributed by atoms with Crippen molar-refractivity contribution in [2.24, 2.45) is 13.0 Å². The predicted molar refractivity (Wildman–Crippen MR) is 104 cm³/mol. The number of benzene rings is 2. The molecule has 3 nitrogen and oxygen atoms in total. The lowest BCUT2D eigenvalue weighted by molar-refractivity contribution is -0.659. The monoisotopic (exact) mass is 344 g/mol. The normalized spacial score (nSPS) is 12.7. The average molecular weight is 344 g/mol. The lowest BCUT2D eigenvalue weighted by Crippen LogP contribution is -2.32. The number of ether oxygens (including phenoxy) is 1. The van der Waals surface area contributed by atoms with Crippen molar-refractivity contribution >= 4 is 21.7 Å². The van der Waals surface area contributed by atoms with Gasteiger partial charge in [-0.1, -0.05) is 38.1 Å². The average Bonchev–Trinajstić information content (AvgIpc) is 2.99. The first-order chi connectivity index (χ1) is 12.5. The highest BCUT2D eigenvalue weighted by atomic mass is 16.5. The Bertz CT molecular complexity index is 1180. The Kier molecular flexibility index (Phi) is 3.17. The van der Waals surface area contributed by atoms with Crippen LogP contribution >= 0.6 is 0 Å². The minimum atomic E-state index is 0.557. The van der Waals surface area contributed by atoms with Crippen molar-refractivity contribution in [2.45, 2.75) is 27.2 Å². The maximum atomic E-state index is 6.50. The van der Waals surface area contributed by atoms with Gasteiger partial charge in [-0.05, 0) is 36.3 Å². The van der Waals surface area contributed by atoms with Gasteiger partial charge in [-0.15, -0.1) is 0 Å². The van der Waals surface area contributed by atoms with Crippen molar-refractivity contribution in [3.8, 4) is 22.8 Å². The number of nitrogens with zero attached hydrogens (tertiary/aromatic N) is 1. The van der Waals surface area contributed by atoms with Gasteiger partial charge >= 0.3 is 0 Å². The molecule has 1 aliphatic heterocycles. The van der Waals surface area contributed by atoms with Gasteiger partial charge in [-0.25, -0.2) is 0 Å². The van der Waals surface area contributed by atoms with Crippen LogP contribution in [0.25, 0.3) is 33.0 Å². The van der Waals surface area contributed by atoms with Crippen molar-refractivity contribution in [3.63, 3.8) is 0 Å². The maximum absolute atomic E-state index is 6.50. The van der Waals surface area contributed by atoms with Gasteiger partial charge in [0.15, 0.2) is 0 Å². The van der Waals surface area contributed by atoms with Crippen LogP contribution in [0.3, 0.4) is 0 Å². The highest BCUT2D eigenvalue weighted by molar-refractivity contribution is 6.06. The molecule has 0 unspecified atom stereocenters. The second-order valence-electron chi connectivity index (χ2n) is 7.73. The smallest absolute Gasteiger partial charge is 0.257 e. The topological polar surface area (TPSA) is 26.2 Å². The van der Waals surface area contributed by atoms with Gasteiger partial charge in [0, 0.05) is 10.9 Å². The zero-order chi connectivity index (χ0) is 18.0. The molecule has 0 N–H and O–H groups in total. The zero-order valence-corrected chi connectivity index (χ0v) is 15.6. The number of aryl methyl sites for hydroxylation is 2. The third kappa shape index (κ3) is 2.03. The molecule has 0 spiro atoms. The molecule has 0 radical (unpaired) electrons. The molecule has 5 rings (SSSR count). The molecule has 26 heavy (non-hydrogen) atoms. The summed E-state index contributed by atoms with van der Waals surface area (Å²) in [4.78, 5) is 0. The molecule has 0 saturated carbocycles. The molecule has 0 bridgehead atoms. The first-order valence-electron chi connectivity index (χ1n) is 9.18. The van der Waals surface area contributed by atoms with E-state index >= 15 is 0 Å². The number of pyridine rings is 1. The summed E-state index contributed by atoms with van der Waals surface area (Å²) in [5, 5.41) is 3.52. The molecule has 2 aromatic heterocycles. The molecule has 3 heterocycles. The summed E-state index contributed by atoms with van der Waals surface area (Å²) in [6, 6.07) is 10.6. The fourth-order valence-electron chi connectivity index (χ4n) is 4.21. The Morgan fingerprint density at radius 2 is 1.92 bits per heavy atom. The lowest BCUT2D eigenvalue weighted by atomic mass is 9.92. The minimum Gasteiger partial charge on any atom is -0.458 e. The fourth-order valence-corrected chi connectivity index (χ4v) is 4.21. The van der Waals surface area contributed by atoms with Crippen LogP contribution in [-0.2, 0) is 13.5 Å². The number of fused-ring (bicyclic) bond motifs is 4. The summed E-state index contributed by atoms with van der Waals surface area (Å²) in [5.74, 6) is 2.41. The first-order valence-corrected chi connectivity index (χ1v) is 9.18. The van der Waals surface area contributed by atoms with Crippen molar-refractivity contribution in [1.82, 2.24) is 0 Å². The Hall–Kier alpha value is -2.81. The van der Waals surface area contributed by atoms with E-state index in [4.69, 9.17) is 9.15 Å². The van der Waals surface area contributed by atoms with Crippen LogP contribution in [0, 0.1) is 12.8 Å². The van der Waals surface area contributed by atoms with E-state index in [1.54, 1.807) is 0 Å². The van der Waals surface area contributed by atoms with Gasteiger partial charge in [0.2, 0.25) is 17.5 Å². The summed E-state index contributed by atoms with van der Waals surface area (Å²) in [7, 11) is 2.07. The highest BCUT2D eigenvalue weighted by Crippen LogP contribution is 2.49. The number of aromatic nitrogens is 1. The Balaban J connectivity index is 1.93. The first kappa shape index (κ1) is 15.4. The lowest BCUT2D eigenvalue weighted by Gasteiger charge is -2.21. The van der Waals surface area contributed by atoms with Gasteiger partial charge in [0.25, 0.3) is 5.69 Å². The van der Waals surface area contributed by atoms with Crippen LogP contribution in [0.4, 0.5) is 0 Å². The molecule has 0 fully saturated rings. The molecule has 0 amide bonds. The second kappa shape index (κ2) is 5.34. The fraction of sp³-hybridized carbons (Fsp3) is 0.261. The standard InChI is InChI=1S/C23H22NO2/c1-13(2)10-16-12-25-18-11-24(4)22-19-14(3)8-9-15-6-5-7-17(20(15)19)26-23(22)21(16)18/h5-9,11-13H,10H2,1-4H3/q+1. The van der Waals surface area contributed by atoms with Crippen LogP contribution < -0.4 is 9.30 Å². The number of hydrogen-bond donors (Lipinski definition) is 0. The minimum absolute atomic E-state index is 0.557. The summed E-state index contributed by atoms with van der Waals surface area (Å²) in [6.45, 7) is 6.64. The molecule has 0 saturated heterocycles. The van der Waals surface area contributed by atoms with Crippen molar-refractivity contribution in [1.29, 1.82) is 0 Å². The number of rotatable bonds is 2. The predicted octanol–water partition coefficient (Wildman–Crippen LogP) is 5.69. The van der Waals surface area contributed by atoms with Crippen molar-refractivity contribution < 1.29 is 13.7 Å². The second-order valence-corrected chi connectivity index (χ2v) is 7.73. The molecular weight excluding hydrogens is 322 g/mol. The summed E-state index contributed by atoms with van der Waals surface area (Å²) in [6.07, 6.45) is 4.94. The number of hydrogen-bond acceptors (Lipinski definition) is 2. The van der Waals surface area contributed by atoms with Crippen LogP contribution in [-0.4, -0.2) is 0 Å².